The fourth-order valence-electron chi connectivity index (χ4n) is 4.65. The summed E-state index contributed by atoms with van der Waals surface area (Å²) in [7, 11) is 1.40. The van der Waals surface area contributed by atoms with Crippen LogP contribution < -0.4 is 11.1 Å². The van der Waals surface area contributed by atoms with Crippen LogP contribution in [-0.4, -0.2) is 81.2 Å². The van der Waals surface area contributed by atoms with Gasteiger partial charge in [0.25, 0.3) is 5.91 Å². The van der Waals surface area contributed by atoms with Crippen LogP contribution in [0.5, 0.6) is 0 Å². The molecule has 1 aliphatic rings. The number of carbonyl (C=O) groups is 3. The monoisotopic (exact) mass is 622 g/mol. The first-order chi connectivity index (χ1) is 21.1. The largest absolute Gasteiger partial charge is 0.463 e. The topological polar surface area (TPSA) is 200 Å². The molecule has 4 N–H and O–H groups in total. The van der Waals surface area contributed by atoms with Crippen LogP contribution in [0.4, 0.5) is 5.82 Å². The minimum Gasteiger partial charge on any atom is -0.463 e. The Morgan fingerprint density at radius 3 is 2.49 bits per heavy atom. The molecule has 1 fully saturated rings. The van der Waals surface area contributed by atoms with Crippen LogP contribution in [0.1, 0.15) is 45.9 Å². The first kappa shape index (κ1) is 33.5. The number of benzene rings is 1. The van der Waals surface area contributed by atoms with Crippen molar-refractivity contribution in [3.8, 4) is 6.07 Å². The maximum absolute atomic E-state index is 13.1. The van der Waals surface area contributed by atoms with E-state index in [1.54, 1.807) is 58.9 Å². The number of nitriles is 1. The molecule has 3 heterocycles. The van der Waals surface area contributed by atoms with Gasteiger partial charge in [0.05, 0.1) is 12.1 Å². The number of aliphatic hydroxyl groups excluding tert-OH is 1. The first-order valence-electron chi connectivity index (χ1n) is 14.3. The molecule has 14 heteroatoms. The molecule has 0 saturated carbocycles. The van der Waals surface area contributed by atoms with Crippen molar-refractivity contribution in [2.24, 2.45) is 11.1 Å². The van der Waals surface area contributed by atoms with Gasteiger partial charge in [-0.05, 0) is 37.0 Å². The van der Waals surface area contributed by atoms with E-state index in [0.717, 1.165) is 11.9 Å². The van der Waals surface area contributed by atoms with Crippen molar-refractivity contribution in [2.45, 2.75) is 76.6 Å². The lowest BCUT2D eigenvalue weighted by atomic mass is 9.87. The van der Waals surface area contributed by atoms with E-state index in [-0.39, 0.29) is 23.4 Å². The molecule has 0 aliphatic carbocycles. The Bertz CT molecular complexity index is 1590. The standard InChI is InChI=1S/C31H38N6O8/c1-29(2,3)24(33)27(40)44-23-20(15-43-22(38)14-18-10-8-7-9-11-18)45-31(16-32,25(23)39)21-13-12-19-26(34-17-35-37(19)21)36-28(41)30(4,5)42-6/h7-13,17,20,23-25,39H,14-15,33H2,1-6H3,(H,34,35,36,41)/t20-,23-,24+,25-,31+/m1/s1. The van der Waals surface area contributed by atoms with E-state index in [2.05, 4.69) is 15.4 Å². The highest BCUT2D eigenvalue weighted by atomic mass is 16.6. The number of esters is 2. The van der Waals surface area contributed by atoms with Gasteiger partial charge in [-0.3, -0.25) is 14.4 Å². The number of rotatable bonds is 10. The lowest BCUT2D eigenvalue weighted by Gasteiger charge is -2.29. The number of aromatic nitrogens is 3. The maximum atomic E-state index is 13.1. The van der Waals surface area contributed by atoms with Crippen molar-refractivity contribution in [1.29, 1.82) is 5.26 Å². The number of nitrogens with zero attached hydrogens (tertiary/aromatic N) is 4. The molecule has 0 unspecified atom stereocenters. The molecule has 1 aromatic carbocycles. The van der Waals surface area contributed by atoms with Crippen LogP contribution in [0.15, 0.2) is 48.8 Å². The number of anilines is 1. The SMILES string of the molecule is COC(C)(C)C(=O)Nc1ncnn2c([C@]3(C#N)O[C@H](COC(=O)Cc4ccccc4)[C@@H](OC(=O)[C@H](N)C(C)(C)C)[C@H]3O)ccc12. The number of methoxy groups -OCH3 is 1. The predicted molar refractivity (Wildman–Crippen MR) is 159 cm³/mol. The van der Waals surface area contributed by atoms with Gasteiger partial charge in [0.15, 0.2) is 11.9 Å². The summed E-state index contributed by atoms with van der Waals surface area (Å²) in [4.78, 5) is 42.7. The molecule has 14 nitrogen and oxygen atoms in total. The number of amides is 1. The number of aliphatic hydroxyl groups is 1. The van der Waals surface area contributed by atoms with Crippen LogP contribution in [-0.2, 0) is 45.4 Å². The highest BCUT2D eigenvalue weighted by Gasteiger charge is 2.60. The van der Waals surface area contributed by atoms with Gasteiger partial charge in [0.1, 0.15) is 48.4 Å². The summed E-state index contributed by atoms with van der Waals surface area (Å²) in [5.41, 5.74) is 3.16. The minimum atomic E-state index is -2.15. The summed E-state index contributed by atoms with van der Waals surface area (Å²) in [6.45, 7) is 7.97. The quantitative estimate of drug-likeness (QED) is 0.277. The Labute approximate surface area is 260 Å². The van der Waals surface area contributed by atoms with E-state index >= 15 is 0 Å². The predicted octanol–water partition coefficient (Wildman–Crippen LogP) is 1.64. The summed E-state index contributed by atoms with van der Waals surface area (Å²) in [6.07, 6.45) is -3.36. The second-order valence-corrected chi connectivity index (χ2v) is 12.3. The molecule has 0 radical (unpaired) electrons. The average molecular weight is 623 g/mol. The zero-order chi connectivity index (χ0) is 33.2. The number of nitrogens with one attached hydrogen (secondary N) is 1. The number of nitrogens with two attached hydrogens (primary N) is 1. The van der Waals surface area contributed by atoms with Gasteiger partial charge < -0.3 is 35.1 Å². The third kappa shape index (κ3) is 6.81. The van der Waals surface area contributed by atoms with Gasteiger partial charge in [-0.15, -0.1) is 0 Å². The fourth-order valence-corrected chi connectivity index (χ4v) is 4.65. The molecule has 1 amide bonds. The van der Waals surface area contributed by atoms with Gasteiger partial charge in [-0.25, -0.2) is 9.50 Å². The summed E-state index contributed by atoms with van der Waals surface area (Å²) >= 11 is 0. The normalized spacial score (nSPS) is 22.4. The Morgan fingerprint density at radius 2 is 1.87 bits per heavy atom. The number of hydrogen-bond acceptors (Lipinski definition) is 12. The Balaban J connectivity index is 1.68. The smallest absolute Gasteiger partial charge is 0.323 e. The van der Waals surface area contributed by atoms with E-state index in [0.29, 0.717) is 0 Å². The van der Waals surface area contributed by atoms with E-state index in [1.165, 1.54) is 23.8 Å². The lowest BCUT2D eigenvalue weighted by molar-refractivity contribution is -0.163. The lowest BCUT2D eigenvalue weighted by Crippen LogP contribution is -2.49. The van der Waals surface area contributed by atoms with Gasteiger partial charge in [0.2, 0.25) is 5.60 Å². The van der Waals surface area contributed by atoms with Crippen molar-refractivity contribution in [1.82, 2.24) is 14.6 Å². The Morgan fingerprint density at radius 1 is 1.18 bits per heavy atom. The third-order valence-electron chi connectivity index (χ3n) is 7.76. The second-order valence-electron chi connectivity index (χ2n) is 12.3. The fraction of sp³-hybridized carbons (Fsp3) is 0.484. The molecule has 0 spiro atoms. The molecular weight excluding hydrogens is 584 g/mol. The molecule has 2 aromatic heterocycles. The van der Waals surface area contributed by atoms with Gasteiger partial charge in [-0.1, -0.05) is 51.1 Å². The third-order valence-corrected chi connectivity index (χ3v) is 7.76. The molecule has 240 valence electrons. The van der Waals surface area contributed by atoms with Crippen LogP contribution in [0, 0.1) is 16.7 Å². The van der Waals surface area contributed by atoms with Crippen molar-refractivity contribution in [3.05, 3.63) is 60.0 Å². The summed E-state index contributed by atoms with van der Waals surface area (Å²) in [5.74, 6) is -1.81. The van der Waals surface area contributed by atoms with Crippen molar-refractivity contribution < 1.29 is 38.4 Å². The van der Waals surface area contributed by atoms with Gasteiger partial charge >= 0.3 is 11.9 Å². The first-order valence-corrected chi connectivity index (χ1v) is 14.3. The van der Waals surface area contributed by atoms with Crippen molar-refractivity contribution >= 4 is 29.2 Å². The van der Waals surface area contributed by atoms with Crippen LogP contribution >= 0.6 is 0 Å². The molecule has 5 atom stereocenters. The number of fused-ring (bicyclic) bond motifs is 1. The summed E-state index contributed by atoms with van der Waals surface area (Å²) < 4.78 is 23.8. The van der Waals surface area contributed by atoms with Crippen LogP contribution in [0.25, 0.3) is 5.52 Å². The number of ether oxygens (including phenoxy) is 4. The van der Waals surface area contributed by atoms with Crippen LogP contribution in [0.3, 0.4) is 0 Å². The van der Waals surface area contributed by atoms with Gasteiger partial charge in [0, 0.05) is 7.11 Å². The van der Waals surface area contributed by atoms with E-state index in [9.17, 15) is 24.8 Å². The highest BCUT2D eigenvalue weighted by Crippen LogP contribution is 2.42. The second kappa shape index (κ2) is 12.9. The minimum absolute atomic E-state index is 0.0342. The summed E-state index contributed by atoms with van der Waals surface area (Å²) in [6, 6.07) is 12.9. The Hall–Kier alpha value is -4.42. The summed E-state index contributed by atoms with van der Waals surface area (Å²) in [5, 5.41) is 29.0. The van der Waals surface area contributed by atoms with Crippen molar-refractivity contribution in [3.63, 3.8) is 0 Å². The molecule has 0 bridgehead atoms. The molecule has 3 aromatic rings. The van der Waals surface area contributed by atoms with Crippen molar-refractivity contribution in [2.75, 3.05) is 19.0 Å². The zero-order valence-electron chi connectivity index (χ0n) is 26.0. The molecule has 45 heavy (non-hydrogen) atoms. The van der Waals surface area contributed by atoms with Gasteiger partial charge in [-0.2, -0.15) is 10.4 Å². The molecule has 1 saturated heterocycles. The highest BCUT2D eigenvalue weighted by molar-refractivity contribution is 5.98. The Kier molecular flexibility index (Phi) is 9.59. The molecule has 1 aliphatic heterocycles. The number of carbonyl (C=O) groups excluding carboxylic acids is 3. The average Bonchev–Trinajstić information content (AvgIpc) is 3.55. The molecular formula is C31H38N6O8. The number of hydrogen-bond donors (Lipinski definition) is 3. The van der Waals surface area contributed by atoms with E-state index in [1.807, 2.05) is 12.1 Å². The van der Waals surface area contributed by atoms with E-state index in [4.69, 9.17) is 24.7 Å². The van der Waals surface area contributed by atoms with E-state index < -0.39 is 65.4 Å². The zero-order valence-corrected chi connectivity index (χ0v) is 26.0. The maximum Gasteiger partial charge on any atom is 0.323 e. The molecule has 4 rings (SSSR count). The van der Waals surface area contributed by atoms with Crippen LogP contribution in [0.2, 0.25) is 0 Å².